The fourth-order valence-corrected chi connectivity index (χ4v) is 4.17. The van der Waals surface area contributed by atoms with E-state index in [-0.39, 0.29) is 11.5 Å². The van der Waals surface area contributed by atoms with Crippen LogP contribution in [0, 0.1) is 17.0 Å². The van der Waals surface area contributed by atoms with E-state index in [9.17, 15) is 19.7 Å². The van der Waals surface area contributed by atoms with E-state index < -0.39 is 22.1 Å². The summed E-state index contributed by atoms with van der Waals surface area (Å²) in [6.07, 6.45) is 1.79. The van der Waals surface area contributed by atoms with Crippen molar-refractivity contribution in [2.75, 3.05) is 5.43 Å². The number of rotatable bonds is 5. The standard InChI is InChI=1S/C19H16N6O4S/c1-11-20-18-14(9-13(30-18)8-12-6-4-3-5-7-12)19(27)24(11)22-17(26)16-15(25(28)29)10-23(2)21-16/h3-7,9-10H,8H2,1-2H3,(H,22,26). The average Bonchev–Trinajstić information content (AvgIpc) is 3.29. The molecule has 10 nitrogen and oxygen atoms in total. The molecule has 1 aromatic carbocycles. The maximum Gasteiger partial charge on any atom is 0.320 e. The third kappa shape index (κ3) is 3.57. The minimum absolute atomic E-state index is 0.257. The molecule has 0 aliphatic carbocycles. The Hall–Kier alpha value is -3.86. The lowest BCUT2D eigenvalue weighted by molar-refractivity contribution is -0.385. The summed E-state index contributed by atoms with van der Waals surface area (Å²) >= 11 is 1.41. The summed E-state index contributed by atoms with van der Waals surface area (Å²) in [7, 11) is 1.47. The van der Waals surface area contributed by atoms with Crippen LogP contribution in [0.25, 0.3) is 10.2 Å². The lowest BCUT2D eigenvalue weighted by Crippen LogP contribution is -2.35. The molecule has 1 amide bonds. The van der Waals surface area contributed by atoms with Crippen LogP contribution < -0.4 is 11.0 Å². The first-order valence-electron chi connectivity index (χ1n) is 8.89. The Morgan fingerprint density at radius 3 is 2.73 bits per heavy atom. The number of carbonyl (C=O) groups excluding carboxylic acids is 1. The fourth-order valence-electron chi connectivity index (χ4n) is 3.07. The first-order chi connectivity index (χ1) is 14.3. The van der Waals surface area contributed by atoms with Crippen LogP contribution in [0.4, 0.5) is 5.69 Å². The minimum Gasteiger partial charge on any atom is -0.268 e. The molecule has 0 unspecified atom stereocenters. The molecule has 0 atom stereocenters. The molecule has 152 valence electrons. The number of nitro groups is 1. The van der Waals surface area contributed by atoms with E-state index in [2.05, 4.69) is 15.5 Å². The van der Waals surface area contributed by atoms with Crippen LogP contribution in [0.1, 0.15) is 26.8 Å². The molecule has 11 heteroatoms. The first kappa shape index (κ1) is 19.5. The molecule has 4 aromatic rings. The van der Waals surface area contributed by atoms with Gasteiger partial charge in [0.1, 0.15) is 16.9 Å². The van der Waals surface area contributed by atoms with Gasteiger partial charge in [-0.25, -0.2) is 9.66 Å². The number of amides is 1. The number of benzene rings is 1. The second-order valence-corrected chi connectivity index (χ2v) is 7.74. The molecule has 0 saturated heterocycles. The summed E-state index contributed by atoms with van der Waals surface area (Å²) < 4.78 is 2.15. The zero-order chi connectivity index (χ0) is 21.4. The van der Waals surface area contributed by atoms with E-state index in [1.165, 1.54) is 23.1 Å². The largest absolute Gasteiger partial charge is 0.320 e. The SMILES string of the molecule is Cc1nc2sc(Cc3ccccc3)cc2c(=O)n1NC(=O)c1nn(C)cc1[N+](=O)[O-]. The highest BCUT2D eigenvalue weighted by atomic mass is 32.1. The van der Waals surface area contributed by atoms with Gasteiger partial charge in [0, 0.05) is 18.3 Å². The topological polar surface area (TPSA) is 125 Å². The van der Waals surface area contributed by atoms with Crippen molar-refractivity contribution >= 4 is 33.1 Å². The molecule has 0 saturated carbocycles. The monoisotopic (exact) mass is 424 g/mol. The summed E-state index contributed by atoms with van der Waals surface area (Å²) in [6.45, 7) is 1.57. The van der Waals surface area contributed by atoms with E-state index >= 15 is 0 Å². The number of nitrogens with zero attached hydrogens (tertiary/aromatic N) is 5. The molecule has 3 heterocycles. The Bertz CT molecular complexity index is 1340. The van der Waals surface area contributed by atoms with Gasteiger partial charge in [0.05, 0.1) is 10.3 Å². The van der Waals surface area contributed by atoms with Gasteiger partial charge in [-0.2, -0.15) is 5.10 Å². The normalized spacial score (nSPS) is 11.0. The molecule has 1 N–H and O–H groups in total. The molecular formula is C19H16N6O4S. The van der Waals surface area contributed by atoms with Gasteiger partial charge in [-0.3, -0.25) is 29.8 Å². The van der Waals surface area contributed by atoms with Gasteiger partial charge < -0.3 is 0 Å². The highest BCUT2D eigenvalue weighted by Crippen LogP contribution is 2.24. The van der Waals surface area contributed by atoms with Crippen LogP contribution >= 0.6 is 11.3 Å². The fraction of sp³-hybridized carbons (Fsp3) is 0.158. The average molecular weight is 424 g/mol. The van der Waals surface area contributed by atoms with Crippen molar-refractivity contribution in [3.63, 3.8) is 0 Å². The summed E-state index contributed by atoms with van der Waals surface area (Å²) in [5.74, 6) is -0.610. The van der Waals surface area contributed by atoms with Crippen molar-refractivity contribution in [3.8, 4) is 0 Å². The lowest BCUT2D eigenvalue weighted by atomic mass is 10.1. The van der Waals surface area contributed by atoms with E-state index in [1.807, 2.05) is 30.3 Å². The van der Waals surface area contributed by atoms with Gasteiger partial charge in [0.25, 0.3) is 11.5 Å². The summed E-state index contributed by atoms with van der Waals surface area (Å²) in [5, 5.41) is 15.3. The Kier molecular flexibility index (Phi) is 4.88. The number of aromatic nitrogens is 4. The zero-order valence-corrected chi connectivity index (χ0v) is 16.8. The summed E-state index contributed by atoms with van der Waals surface area (Å²) in [6, 6.07) is 11.6. The highest BCUT2D eigenvalue weighted by Gasteiger charge is 2.26. The minimum atomic E-state index is -0.867. The molecule has 0 fully saturated rings. The smallest absolute Gasteiger partial charge is 0.268 e. The number of thiophene rings is 1. The summed E-state index contributed by atoms with van der Waals surface area (Å²) in [5.41, 5.74) is 2.20. The number of hydrogen-bond acceptors (Lipinski definition) is 7. The van der Waals surface area contributed by atoms with Crippen LogP contribution in [0.5, 0.6) is 0 Å². The van der Waals surface area contributed by atoms with Gasteiger partial charge in [0.15, 0.2) is 0 Å². The third-order valence-corrected chi connectivity index (χ3v) is 5.47. The molecule has 0 aliphatic rings. The van der Waals surface area contributed by atoms with Crippen LogP contribution in [0.2, 0.25) is 0 Å². The zero-order valence-electron chi connectivity index (χ0n) is 16.0. The highest BCUT2D eigenvalue weighted by molar-refractivity contribution is 7.18. The quantitative estimate of drug-likeness (QED) is 0.387. The number of hydrogen-bond donors (Lipinski definition) is 1. The van der Waals surface area contributed by atoms with Gasteiger partial charge in [0.2, 0.25) is 5.69 Å². The molecule has 4 rings (SSSR count). The summed E-state index contributed by atoms with van der Waals surface area (Å²) in [4.78, 5) is 41.9. The molecular weight excluding hydrogens is 408 g/mol. The van der Waals surface area contributed by atoms with Crippen LogP contribution in [0.15, 0.2) is 47.4 Å². The molecule has 0 aliphatic heterocycles. The maximum atomic E-state index is 13.0. The second-order valence-electron chi connectivity index (χ2n) is 6.63. The number of fused-ring (bicyclic) bond motifs is 1. The number of nitrogens with one attached hydrogen (secondary N) is 1. The van der Waals surface area contributed by atoms with Gasteiger partial charge >= 0.3 is 5.69 Å². The third-order valence-electron chi connectivity index (χ3n) is 4.44. The Labute approximate surface area is 173 Å². The van der Waals surface area contributed by atoms with E-state index in [1.54, 1.807) is 13.0 Å². The maximum absolute atomic E-state index is 13.0. The second kappa shape index (κ2) is 7.52. The van der Waals surface area contributed by atoms with Crippen molar-refractivity contribution in [1.82, 2.24) is 19.4 Å². The van der Waals surface area contributed by atoms with Crippen LogP contribution in [0.3, 0.4) is 0 Å². The van der Waals surface area contributed by atoms with E-state index in [4.69, 9.17) is 0 Å². The van der Waals surface area contributed by atoms with Crippen molar-refractivity contribution in [2.45, 2.75) is 13.3 Å². The van der Waals surface area contributed by atoms with Crippen molar-refractivity contribution < 1.29 is 9.72 Å². The van der Waals surface area contributed by atoms with Gasteiger partial charge in [-0.1, -0.05) is 30.3 Å². The molecule has 0 spiro atoms. The van der Waals surface area contributed by atoms with Gasteiger partial charge in [-0.05, 0) is 18.6 Å². The first-order valence-corrected chi connectivity index (χ1v) is 9.70. The number of aryl methyl sites for hydroxylation is 2. The van der Waals surface area contributed by atoms with Gasteiger partial charge in [-0.15, -0.1) is 11.3 Å². The molecule has 0 bridgehead atoms. The molecule has 3 aromatic heterocycles. The Morgan fingerprint density at radius 2 is 2.03 bits per heavy atom. The Morgan fingerprint density at radius 1 is 1.30 bits per heavy atom. The van der Waals surface area contributed by atoms with Crippen molar-refractivity contribution in [3.05, 3.63) is 85.0 Å². The predicted molar refractivity (Wildman–Crippen MR) is 111 cm³/mol. The lowest BCUT2D eigenvalue weighted by Gasteiger charge is -2.09. The van der Waals surface area contributed by atoms with Crippen LogP contribution in [-0.2, 0) is 13.5 Å². The Balaban J connectivity index is 1.69. The molecule has 0 radical (unpaired) electrons. The van der Waals surface area contributed by atoms with Crippen molar-refractivity contribution in [1.29, 1.82) is 0 Å². The van der Waals surface area contributed by atoms with E-state index in [0.29, 0.717) is 16.6 Å². The van der Waals surface area contributed by atoms with Crippen molar-refractivity contribution in [2.24, 2.45) is 7.05 Å². The molecule has 30 heavy (non-hydrogen) atoms. The predicted octanol–water partition coefficient (Wildman–Crippen LogP) is 2.38. The number of carbonyl (C=O) groups is 1. The van der Waals surface area contributed by atoms with E-state index in [0.717, 1.165) is 21.3 Å². The van der Waals surface area contributed by atoms with Crippen LogP contribution in [-0.4, -0.2) is 30.3 Å².